The van der Waals surface area contributed by atoms with E-state index >= 15 is 0 Å². The summed E-state index contributed by atoms with van der Waals surface area (Å²) in [5, 5.41) is 0. The third kappa shape index (κ3) is 3.37. The van der Waals surface area contributed by atoms with Crippen molar-refractivity contribution < 1.29 is 9.53 Å². The molecule has 1 aromatic carbocycles. The molecule has 7 nitrogen and oxygen atoms in total. The molecule has 1 amide bonds. The summed E-state index contributed by atoms with van der Waals surface area (Å²) in [5.74, 6) is 1.51. The summed E-state index contributed by atoms with van der Waals surface area (Å²) < 4.78 is 5.22. The van der Waals surface area contributed by atoms with Crippen LogP contribution in [0.1, 0.15) is 5.82 Å². The van der Waals surface area contributed by atoms with Gasteiger partial charge in [0.2, 0.25) is 5.91 Å². The number of hydrogen-bond acceptors (Lipinski definition) is 5. The van der Waals surface area contributed by atoms with Gasteiger partial charge in [0.05, 0.1) is 31.2 Å². The van der Waals surface area contributed by atoms with Crippen molar-refractivity contribution in [3.05, 3.63) is 24.0 Å². The number of aromatic amines is 1. The highest BCUT2D eigenvalue weighted by atomic mass is 16.5. The number of methoxy groups -OCH3 is 1. The molecule has 0 unspecified atom stereocenters. The molecule has 2 heterocycles. The first kappa shape index (κ1) is 14.8. The molecule has 0 spiro atoms. The molecule has 7 heteroatoms. The lowest BCUT2D eigenvalue weighted by Gasteiger charge is -2.33. The van der Waals surface area contributed by atoms with E-state index in [2.05, 4.69) is 19.8 Å². The maximum atomic E-state index is 10.9. The fourth-order valence-corrected chi connectivity index (χ4v) is 2.78. The van der Waals surface area contributed by atoms with Crippen LogP contribution in [0, 0.1) is 0 Å². The van der Waals surface area contributed by atoms with Crippen LogP contribution in [0.5, 0.6) is 5.75 Å². The molecule has 1 saturated heterocycles. The van der Waals surface area contributed by atoms with E-state index in [-0.39, 0.29) is 5.91 Å². The first-order chi connectivity index (χ1) is 10.6. The van der Waals surface area contributed by atoms with Crippen LogP contribution in [0.2, 0.25) is 0 Å². The first-order valence-electron chi connectivity index (χ1n) is 7.39. The number of carbonyl (C=O) groups excluding carboxylic acids is 1. The van der Waals surface area contributed by atoms with E-state index < -0.39 is 0 Å². The van der Waals surface area contributed by atoms with Crippen molar-refractivity contribution >= 4 is 16.9 Å². The summed E-state index contributed by atoms with van der Waals surface area (Å²) in [5.41, 5.74) is 7.16. The van der Waals surface area contributed by atoms with Crippen molar-refractivity contribution in [3.8, 4) is 5.75 Å². The number of H-pyrrole nitrogens is 1. The van der Waals surface area contributed by atoms with Gasteiger partial charge >= 0.3 is 0 Å². The van der Waals surface area contributed by atoms with Gasteiger partial charge in [-0.2, -0.15) is 0 Å². The van der Waals surface area contributed by atoms with Crippen LogP contribution in [0.25, 0.3) is 11.0 Å². The monoisotopic (exact) mass is 303 g/mol. The Morgan fingerprint density at radius 2 is 2.05 bits per heavy atom. The number of ether oxygens (including phenoxy) is 1. The molecule has 22 heavy (non-hydrogen) atoms. The second kappa shape index (κ2) is 6.33. The van der Waals surface area contributed by atoms with Crippen molar-refractivity contribution in [2.24, 2.45) is 5.73 Å². The van der Waals surface area contributed by atoms with Crippen molar-refractivity contribution in [2.45, 2.75) is 6.54 Å². The van der Waals surface area contributed by atoms with Gasteiger partial charge in [0, 0.05) is 32.2 Å². The van der Waals surface area contributed by atoms with Crippen LogP contribution in [0.3, 0.4) is 0 Å². The van der Waals surface area contributed by atoms with Crippen LogP contribution in [0.4, 0.5) is 0 Å². The van der Waals surface area contributed by atoms with Gasteiger partial charge in [0.15, 0.2) is 0 Å². The third-order valence-electron chi connectivity index (χ3n) is 3.96. The zero-order valence-corrected chi connectivity index (χ0v) is 12.7. The highest BCUT2D eigenvalue weighted by molar-refractivity contribution is 5.77. The minimum Gasteiger partial charge on any atom is -0.497 e. The number of fused-ring (bicyclic) bond motifs is 1. The predicted octanol–water partition coefficient (Wildman–Crippen LogP) is 0.174. The number of rotatable bonds is 5. The van der Waals surface area contributed by atoms with Crippen molar-refractivity contribution in [1.82, 2.24) is 19.8 Å². The Hall–Kier alpha value is -2.12. The molecule has 1 aromatic heterocycles. The van der Waals surface area contributed by atoms with Gasteiger partial charge < -0.3 is 15.5 Å². The smallest absolute Gasteiger partial charge is 0.231 e. The number of piperazine rings is 1. The SMILES string of the molecule is COc1ccc2nc(CN3CCN(CC(N)=O)CC3)[nH]c2c1. The largest absolute Gasteiger partial charge is 0.497 e. The summed E-state index contributed by atoms with van der Waals surface area (Å²) in [4.78, 5) is 23.3. The van der Waals surface area contributed by atoms with Gasteiger partial charge in [-0.3, -0.25) is 14.6 Å². The molecule has 1 aliphatic heterocycles. The summed E-state index contributed by atoms with van der Waals surface area (Å²) >= 11 is 0. The van der Waals surface area contributed by atoms with Crippen LogP contribution < -0.4 is 10.5 Å². The number of hydrogen-bond donors (Lipinski definition) is 2. The number of benzene rings is 1. The van der Waals surface area contributed by atoms with Gasteiger partial charge in [-0.05, 0) is 12.1 Å². The molecular formula is C15H21N5O2. The Labute approximate surface area is 129 Å². The minimum atomic E-state index is -0.264. The Balaban J connectivity index is 1.61. The maximum Gasteiger partial charge on any atom is 0.231 e. The highest BCUT2D eigenvalue weighted by Gasteiger charge is 2.19. The van der Waals surface area contributed by atoms with Crippen LogP contribution in [0.15, 0.2) is 18.2 Å². The van der Waals surface area contributed by atoms with Gasteiger partial charge in [-0.15, -0.1) is 0 Å². The standard InChI is InChI=1S/C15H21N5O2/c1-22-11-2-3-12-13(8-11)18-15(17-12)10-20-6-4-19(5-7-20)9-14(16)21/h2-3,8H,4-7,9-10H2,1H3,(H2,16,21)(H,17,18). The molecule has 1 fully saturated rings. The van der Waals surface area contributed by atoms with E-state index in [9.17, 15) is 4.79 Å². The number of primary amides is 1. The summed E-state index contributed by atoms with van der Waals surface area (Å²) in [6.45, 7) is 4.66. The van der Waals surface area contributed by atoms with Crippen molar-refractivity contribution in [3.63, 3.8) is 0 Å². The minimum absolute atomic E-state index is 0.264. The number of nitrogens with two attached hydrogens (primary N) is 1. The molecule has 118 valence electrons. The number of nitrogens with one attached hydrogen (secondary N) is 1. The quantitative estimate of drug-likeness (QED) is 0.822. The lowest BCUT2D eigenvalue weighted by atomic mass is 10.3. The predicted molar refractivity (Wildman–Crippen MR) is 83.6 cm³/mol. The van der Waals surface area contributed by atoms with Gasteiger partial charge in [-0.1, -0.05) is 0 Å². The lowest BCUT2D eigenvalue weighted by molar-refractivity contribution is -0.119. The van der Waals surface area contributed by atoms with E-state index in [0.717, 1.165) is 55.3 Å². The van der Waals surface area contributed by atoms with Gasteiger partial charge in [0.1, 0.15) is 11.6 Å². The normalized spacial score (nSPS) is 17.0. The molecule has 3 N–H and O–H groups in total. The lowest BCUT2D eigenvalue weighted by Crippen LogP contribution is -2.48. The fourth-order valence-electron chi connectivity index (χ4n) is 2.78. The molecule has 0 saturated carbocycles. The van der Waals surface area contributed by atoms with Crippen molar-refractivity contribution in [1.29, 1.82) is 0 Å². The Morgan fingerprint density at radius 1 is 1.32 bits per heavy atom. The Morgan fingerprint density at radius 3 is 2.73 bits per heavy atom. The number of carbonyl (C=O) groups is 1. The Bertz CT molecular complexity index is 661. The van der Waals surface area contributed by atoms with E-state index in [1.54, 1.807) is 7.11 Å². The highest BCUT2D eigenvalue weighted by Crippen LogP contribution is 2.19. The summed E-state index contributed by atoms with van der Waals surface area (Å²) in [7, 11) is 1.66. The van der Waals surface area contributed by atoms with E-state index in [0.29, 0.717) is 6.54 Å². The molecule has 3 rings (SSSR count). The van der Waals surface area contributed by atoms with Crippen LogP contribution in [-0.2, 0) is 11.3 Å². The summed E-state index contributed by atoms with van der Waals surface area (Å²) in [6, 6.07) is 5.82. The molecular weight excluding hydrogens is 282 g/mol. The van der Waals surface area contributed by atoms with Crippen LogP contribution in [-0.4, -0.2) is 65.5 Å². The molecule has 0 radical (unpaired) electrons. The number of amides is 1. The molecule has 2 aromatic rings. The van der Waals surface area contributed by atoms with Crippen LogP contribution >= 0.6 is 0 Å². The Kier molecular flexibility index (Phi) is 4.26. The molecule has 0 atom stereocenters. The topological polar surface area (TPSA) is 87.5 Å². The van der Waals surface area contributed by atoms with E-state index in [4.69, 9.17) is 10.5 Å². The average Bonchev–Trinajstić information content (AvgIpc) is 2.89. The molecule has 1 aliphatic rings. The molecule has 0 bridgehead atoms. The zero-order chi connectivity index (χ0) is 15.5. The third-order valence-corrected chi connectivity index (χ3v) is 3.96. The van der Waals surface area contributed by atoms with Gasteiger partial charge in [0.25, 0.3) is 0 Å². The number of nitrogens with zero attached hydrogens (tertiary/aromatic N) is 3. The average molecular weight is 303 g/mol. The first-order valence-corrected chi connectivity index (χ1v) is 7.39. The zero-order valence-electron chi connectivity index (χ0n) is 12.7. The fraction of sp³-hybridized carbons (Fsp3) is 0.467. The second-order valence-electron chi connectivity index (χ2n) is 5.59. The molecule has 0 aliphatic carbocycles. The number of aromatic nitrogens is 2. The maximum absolute atomic E-state index is 10.9. The van der Waals surface area contributed by atoms with E-state index in [1.807, 2.05) is 18.2 Å². The second-order valence-corrected chi connectivity index (χ2v) is 5.59. The summed E-state index contributed by atoms with van der Waals surface area (Å²) in [6.07, 6.45) is 0. The van der Waals surface area contributed by atoms with Gasteiger partial charge in [-0.25, -0.2) is 4.98 Å². The van der Waals surface area contributed by atoms with E-state index in [1.165, 1.54) is 0 Å². The van der Waals surface area contributed by atoms with Crippen molar-refractivity contribution in [2.75, 3.05) is 39.8 Å². The number of imidazole rings is 1.